The Morgan fingerprint density at radius 2 is 0.930 bits per heavy atom. The van der Waals surface area contributed by atoms with Crippen molar-refractivity contribution in [1.29, 1.82) is 10.5 Å². The van der Waals surface area contributed by atoms with Crippen LogP contribution in [0.3, 0.4) is 0 Å². The van der Waals surface area contributed by atoms with Gasteiger partial charge in [0.05, 0.1) is 23.3 Å². The predicted octanol–water partition coefficient (Wildman–Crippen LogP) is 14.4. The second kappa shape index (κ2) is 12.7. The van der Waals surface area contributed by atoms with Gasteiger partial charge in [-0.15, -0.1) is 0 Å². The summed E-state index contributed by atoms with van der Waals surface area (Å²) in [5.74, 6) is 0.204. The lowest BCUT2D eigenvalue weighted by Gasteiger charge is -2.30. The Bertz CT molecular complexity index is 3410. The van der Waals surface area contributed by atoms with Crippen LogP contribution in [0.15, 0.2) is 160 Å². The van der Waals surface area contributed by atoms with Crippen LogP contribution < -0.4 is 0 Å². The summed E-state index contributed by atoms with van der Waals surface area (Å²) in [5.41, 5.74) is 16.5. The summed E-state index contributed by atoms with van der Waals surface area (Å²) in [6.07, 6.45) is 3.29. The van der Waals surface area contributed by atoms with Crippen LogP contribution in [0.1, 0.15) is 47.1 Å². The van der Waals surface area contributed by atoms with Gasteiger partial charge in [-0.3, -0.25) is 0 Å². The molecule has 0 N–H and O–H groups in total. The summed E-state index contributed by atoms with van der Waals surface area (Å²) >= 11 is 0. The molecule has 1 unspecified atom stereocenters. The van der Waals surface area contributed by atoms with Crippen LogP contribution in [0.25, 0.3) is 99.7 Å². The molecular formula is C53H32N2O2. The summed E-state index contributed by atoms with van der Waals surface area (Å²) in [5, 5.41) is 25.6. The van der Waals surface area contributed by atoms with Gasteiger partial charge in [0.15, 0.2) is 0 Å². The molecule has 2 heterocycles. The second-order valence-electron chi connectivity index (χ2n) is 15.1. The number of furan rings is 2. The first-order chi connectivity index (χ1) is 28.0. The molecule has 0 spiro atoms. The van der Waals surface area contributed by atoms with E-state index in [-0.39, 0.29) is 5.92 Å². The molecule has 1 atom stereocenters. The third-order valence-electron chi connectivity index (χ3n) is 11.8. The first-order valence-corrected chi connectivity index (χ1v) is 19.2. The van der Waals surface area contributed by atoms with Crippen LogP contribution in [-0.4, -0.2) is 0 Å². The fraction of sp³-hybridized carbons (Fsp3) is 0.0566. The number of benzene rings is 8. The van der Waals surface area contributed by atoms with E-state index in [0.717, 1.165) is 67.0 Å². The van der Waals surface area contributed by atoms with Crippen LogP contribution >= 0.6 is 0 Å². The maximum absolute atomic E-state index is 9.64. The van der Waals surface area contributed by atoms with E-state index in [1.807, 2.05) is 36.4 Å². The molecule has 0 fully saturated rings. The summed E-state index contributed by atoms with van der Waals surface area (Å²) < 4.78 is 12.4. The third kappa shape index (κ3) is 5.20. The van der Waals surface area contributed by atoms with Gasteiger partial charge in [0, 0.05) is 21.5 Å². The van der Waals surface area contributed by atoms with Gasteiger partial charge in [-0.2, -0.15) is 10.5 Å². The summed E-state index contributed by atoms with van der Waals surface area (Å²) in [4.78, 5) is 0. The van der Waals surface area contributed by atoms with Crippen LogP contribution in [-0.2, 0) is 0 Å². The maximum Gasteiger partial charge on any atom is 0.135 e. The Morgan fingerprint density at radius 1 is 0.456 bits per heavy atom. The van der Waals surface area contributed by atoms with Crippen molar-refractivity contribution in [2.75, 3.05) is 0 Å². The average Bonchev–Trinajstić information content (AvgIpc) is 3.82. The number of fused-ring (bicyclic) bond motifs is 8. The predicted molar refractivity (Wildman–Crippen MR) is 232 cm³/mol. The minimum Gasteiger partial charge on any atom is -0.456 e. The number of hydrogen-bond acceptors (Lipinski definition) is 4. The SMILES string of the molecule is CC1CC(c2ccc3oc4ccc(C#N)cc4c3c2)=Cc2c1c(-c1ccccc1)c1cc(-c3ccc4oc5ccc(C#N)cc5c4c3)ccc1c2-c1ccccc1. The molecule has 0 bridgehead atoms. The Morgan fingerprint density at radius 3 is 1.51 bits per heavy atom. The van der Waals surface area contributed by atoms with Gasteiger partial charge in [0.1, 0.15) is 22.3 Å². The quantitative estimate of drug-likeness (QED) is 0.181. The molecule has 10 aromatic rings. The number of nitrogens with zero attached hydrogens (tertiary/aromatic N) is 2. The molecule has 0 aliphatic heterocycles. The highest BCUT2D eigenvalue weighted by molar-refractivity contribution is 6.14. The minimum atomic E-state index is 0.204. The van der Waals surface area contributed by atoms with E-state index in [1.165, 1.54) is 49.7 Å². The lowest BCUT2D eigenvalue weighted by Crippen LogP contribution is -2.09. The summed E-state index contributed by atoms with van der Waals surface area (Å²) in [7, 11) is 0. The van der Waals surface area contributed by atoms with Crippen molar-refractivity contribution in [3.8, 4) is 45.5 Å². The van der Waals surface area contributed by atoms with Crippen molar-refractivity contribution in [2.45, 2.75) is 19.3 Å². The van der Waals surface area contributed by atoms with Gasteiger partial charge in [0.25, 0.3) is 0 Å². The van der Waals surface area contributed by atoms with Crippen LogP contribution in [0.5, 0.6) is 0 Å². The fourth-order valence-electron chi connectivity index (χ4n) is 9.14. The molecule has 1 aliphatic rings. The molecule has 0 saturated carbocycles. The number of rotatable bonds is 4. The molecule has 8 aromatic carbocycles. The van der Waals surface area contributed by atoms with E-state index in [0.29, 0.717) is 11.1 Å². The van der Waals surface area contributed by atoms with Gasteiger partial charge in [-0.25, -0.2) is 0 Å². The molecule has 0 radical (unpaired) electrons. The minimum absolute atomic E-state index is 0.204. The molecule has 57 heavy (non-hydrogen) atoms. The highest BCUT2D eigenvalue weighted by Crippen LogP contribution is 2.51. The van der Waals surface area contributed by atoms with E-state index >= 15 is 0 Å². The smallest absolute Gasteiger partial charge is 0.135 e. The lowest BCUT2D eigenvalue weighted by atomic mass is 9.73. The average molecular weight is 729 g/mol. The van der Waals surface area contributed by atoms with E-state index in [2.05, 4.69) is 134 Å². The fourth-order valence-corrected chi connectivity index (χ4v) is 9.14. The van der Waals surface area contributed by atoms with Crippen molar-refractivity contribution in [3.05, 3.63) is 179 Å². The topological polar surface area (TPSA) is 73.9 Å². The molecule has 4 heteroatoms. The molecule has 4 nitrogen and oxygen atoms in total. The molecular weight excluding hydrogens is 697 g/mol. The van der Waals surface area contributed by atoms with Crippen molar-refractivity contribution in [1.82, 2.24) is 0 Å². The lowest BCUT2D eigenvalue weighted by molar-refractivity contribution is 0.668. The third-order valence-corrected chi connectivity index (χ3v) is 11.8. The first-order valence-electron chi connectivity index (χ1n) is 19.2. The molecule has 2 aromatic heterocycles. The van der Waals surface area contributed by atoms with Crippen LogP contribution in [0.4, 0.5) is 0 Å². The molecule has 11 rings (SSSR count). The Balaban J connectivity index is 1.17. The van der Waals surface area contributed by atoms with Crippen molar-refractivity contribution in [3.63, 3.8) is 0 Å². The normalized spacial score (nSPS) is 13.9. The van der Waals surface area contributed by atoms with Gasteiger partial charge < -0.3 is 8.83 Å². The van der Waals surface area contributed by atoms with Crippen molar-refractivity contribution >= 4 is 66.3 Å². The Hall–Kier alpha value is -7.66. The zero-order valence-electron chi connectivity index (χ0n) is 31.0. The van der Waals surface area contributed by atoms with Gasteiger partial charge >= 0.3 is 0 Å². The summed E-state index contributed by atoms with van der Waals surface area (Å²) in [6.45, 7) is 2.36. The standard InChI is InChI=1S/C53H32N2O2/c1-31-22-39(38-16-21-50-44(26-38)42-24-33(30-55)13-19-48(42)57-50)28-46-51(31)53(35-10-6-3-7-11-35)45-27-36(14-17-40(45)52(46)34-8-4-2-5-9-34)37-15-20-49-43(25-37)41-23-32(29-54)12-18-47(41)56-49/h2-21,23-28,31H,22H2,1H3. The molecule has 0 amide bonds. The highest BCUT2D eigenvalue weighted by Gasteiger charge is 2.29. The number of nitriles is 2. The molecule has 1 aliphatic carbocycles. The van der Waals surface area contributed by atoms with Crippen LogP contribution in [0, 0.1) is 22.7 Å². The number of allylic oxidation sites excluding steroid dienone is 1. The zero-order chi connectivity index (χ0) is 38.2. The Kier molecular flexibility index (Phi) is 7.30. The maximum atomic E-state index is 9.64. The first kappa shape index (κ1) is 32.7. The highest BCUT2D eigenvalue weighted by atomic mass is 16.3. The van der Waals surface area contributed by atoms with Crippen molar-refractivity contribution < 1.29 is 8.83 Å². The molecule has 0 saturated heterocycles. The molecule has 266 valence electrons. The monoisotopic (exact) mass is 728 g/mol. The van der Waals surface area contributed by atoms with E-state index in [9.17, 15) is 10.5 Å². The largest absolute Gasteiger partial charge is 0.456 e. The van der Waals surface area contributed by atoms with Gasteiger partial charge in [0.2, 0.25) is 0 Å². The van der Waals surface area contributed by atoms with Crippen molar-refractivity contribution in [2.24, 2.45) is 0 Å². The zero-order valence-corrected chi connectivity index (χ0v) is 31.0. The van der Waals surface area contributed by atoms with Gasteiger partial charge in [-0.05, 0) is 145 Å². The number of hydrogen-bond donors (Lipinski definition) is 0. The van der Waals surface area contributed by atoms with E-state index in [1.54, 1.807) is 6.07 Å². The summed E-state index contributed by atoms with van der Waals surface area (Å²) in [6, 6.07) is 57.2. The van der Waals surface area contributed by atoms with E-state index in [4.69, 9.17) is 8.83 Å². The Labute approximate surface area is 328 Å². The second-order valence-corrected chi connectivity index (χ2v) is 15.1. The van der Waals surface area contributed by atoms with Crippen LogP contribution in [0.2, 0.25) is 0 Å². The van der Waals surface area contributed by atoms with Gasteiger partial charge in [-0.1, -0.05) is 97.9 Å². The van der Waals surface area contributed by atoms with E-state index < -0.39 is 0 Å².